The minimum Gasteiger partial charge on any atom is -0.344 e. The number of rotatable bonds is 5. The van der Waals surface area contributed by atoms with Gasteiger partial charge in [0.2, 0.25) is 0 Å². The van der Waals surface area contributed by atoms with Gasteiger partial charge >= 0.3 is 0 Å². The van der Waals surface area contributed by atoms with Crippen LogP contribution < -0.4 is 5.32 Å². The summed E-state index contributed by atoms with van der Waals surface area (Å²) >= 11 is 12.0. The van der Waals surface area contributed by atoms with Crippen LogP contribution in [0.3, 0.4) is 0 Å². The molecule has 1 amide bonds. The van der Waals surface area contributed by atoms with E-state index in [0.717, 1.165) is 11.1 Å². The molecule has 0 bridgehead atoms. The first kappa shape index (κ1) is 21.0. The lowest BCUT2D eigenvalue weighted by molar-refractivity contribution is 0.0935. The van der Waals surface area contributed by atoms with Crippen molar-refractivity contribution in [3.8, 4) is 22.6 Å². The third-order valence-electron chi connectivity index (χ3n) is 4.66. The van der Waals surface area contributed by atoms with E-state index in [1.165, 1.54) is 0 Å². The lowest BCUT2D eigenvalue weighted by Crippen LogP contribution is -2.27. The summed E-state index contributed by atoms with van der Waals surface area (Å²) in [5.41, 5.74) is 3.22. The summed E-state index contributed by atoms with van der Waals surface area (Å²) in [6, 6.07) is 12.1. The zero-order valence-corrected chi connectivity index (χ0v) is 18.3. The third-order valence-corrected chi connectivity index (χ3v) is 5.12. The van der Waals surface area contributed by atoms with Gasteiger partial charge in [-0.2, -0.15) is 5.10 Å². The number of aromatic nitrogens is 5. The normalized spacial score (nSPS) is 11.9. The van der Waals surface area contributed by atoms with Crippen molar-refractivity contribution in [3.63, 3.8) is 0 Å². The second-order valence-electron chi connectivity index (χ2n) is 6.98. The maximum absolute atomic E-state index is 13.0. The van der Waals surface area contributed by atoms with Crippen LogP contribution in [0.4, 0.5) is 0 Å². The Balaban J connectivity index is 1.70. The average molecular weight is 453 g/mol. The predicted molar refractivity (Wildman–Crippen MR) is 120 cm³/mol. The number of hydrogen-bond acceptors (Lipinski definition) is 5. The molecular weight excluding hydrogens is 435 g/mol. The van der Waals surface area contributed by atoms with Crippen LogP contribution in [0.5, 0.6) is 0 Å². The number of nitrogens with zero attached hydrogens (tertiary/aromatic N) is 5. The van der Waals surface area contributed by atoms with Gasteiger partial charge in [0.05, 0.1) is 23.5 Å². The summed E-state index contributed by atoms with van der Waals surface area (Å²) < 4.78 is 1.66. The predicted octanol–water partition coefficient (Wildman–Crippen LogP) is 4.74. The molecule has 1 aromatic carbocycles. The number of halogens is 2. The highest BCUT2D eigenvalue weighted by molar-refractivity contribution is 6.30. The summed E-state index contributed by atoms with van der Waals surface area (Å²) in [4.78, 5) is 26.1. The Kier molecular flexibility index (Phi) is 5.97. The fourth-order valence-electron chi connectivity index (χ4n) is 3.04. The van der Waals surface area contributed by atoms with Gasteiger partial charge in [0.1, 0.15) is 10.8 Å². The van der Waals surface area contributed by atoms with Crippen LogP contribution in [0.1, 0.15) is 29.0 Å². The summed E-state index contributed by atoms with van der Waals surface area (Å²) in [6.45, 7) is 1.87. The molecule has 0 radical (unpaired) electrons. The fourth-order valence-corrected chi connectivity index (χ4v) is 3.35. The van der Waals surface area contributed by atoms with E-state index in [4.69, 9.17) is 23.2 Å². The van der Waals surface area contributed by atoms with Crippen molar-refractivity contribution in [2.45, 2.75) is 13.0 Å². The van der Waals surface area contributed by atoms with E-state index >= 15 is 0 Å². The Morgan fingerprint density at radius 3 is 2.52 bits per heavy atom. The number of pyridine rings is 1. The lowest BCUT2D eigenvalue weighted by Gasteiger charge is -2.15. The van der Waals surface area contributed by atoms with E-state index < -0.39 is 0 Å². The SMILES string of the molecule is C[C@H](NC(=O)c1cc(-c2ccc(Cl)cc2)nc(-c2cnn(C)c2)n1)c1ccnc(Cl)c1. The summed E-state index contributed by atoms with van der Waals surface area (Å²) in [5.74, 6) is 0.0773. The maximum Gasteiger partial charge on any atom is 0.270 e. The van der Waals surface area contributed by atoms with E-state index in [-0.39, 0.29) is 17.6 Å². The van der Waals surface area contributed by atoms with Gasteiger partial charge in [0.15, 0.2) is 5.82 Å². The molecular formula is C22H18Cl2N6O. The third kappa shape index (κ3) is 4.90. The molecule has 0 spiro atoms. The lowest BCUT2D eigenvalue weighted by atomic mass is 10.1. The van der Waals surface area contributed by atoms with Gasteiger partial charge in [0.25, 0.3) is 5.91 Å². The molecule has 4 aromatic rings. The molecule has 3 aromatic heterocycles. The van der Waals surface area contributed by atoms with Crippen molar-refractivity contribution in [2.24, 2.45) is 7.05 Å². The van der Waals surface area contributed by atoms with Crippen LogP contribution in [0.25, 0.3) is 22.6 Å². The fraction of sp³-hybridized carbons (Fsp3) is 0.136. The number of benzene rings is 1. The van der Waals surface area contributed by atoms with Gasteiger partial charge in [0, 0.05) is 30.0 Å². The topological polar surface area (TPSA) is 85.6 Å². The van der Waals surface area contributed by atoms with Crippen molar-refractivity contribution in [3.05, 3.63) is 82.5 Å². The first-order chi connectivity index (χ1) is 14.9. The summed E-state index contributed by atoms with van der Waals surface area (Å²) in [7, 11) is 1.81. The molecule has 1 atom stereocenters. The summed E-state index contributed by atoms with van der Waals surface area (Å²) in [5, 5.41) is 8.12. The molecule has 0 aliphatic rings. The molecule has 0 aliphatic carbocycles. The van der Waals surface area contributed by atoms with Crippen LogP contribution in [-0.2, 0) is 7.05 Å². The van der Waals surface area contributed by atoms with E-state index in [0.29, 0.717) is 27.3 Å². The second-order valence-corrected chi connectivity index (χ2v) is 7.80. The standard InChI is InChI=1S/C22H18Cl2N6O/c1-13(15-7-8-25-20(24)9-15)27-22(31)19-10-18(14-3-5-17(23)6-4-14)28-21(29-19)16-11-26-30(2)12-16/h3-13H,1-2H3,(H,27,31)/t13-/m0/s1. The van der Waals surface area contributed by atoms with E-state index in [9.17, 15) is 4.79 Å². The van der Waals surface area contributed by atoms with Crippen molar-refractivity contribution < 1.29 is 4.79 Å². The highest BCUT2D eigenvalue weighted by Crippen LogP contribution is 2.24. The maximum atomic E-state index is 13.0. The number of aryl methyl sites for hydroxylation is 1. The quantitative estimate of drug-likeness (QED) is 0.442. The first-order valence-corrected chi connectivity index (χ1v) is 10.2. The monoisotopic (exact) mass is 452 g/mol. The first-order valence-electron chi connectivity index (χ1n) is 9.45. The Hall–Kier alpha value is -3.29. The van der Waals surface area contributed by atoms with Crippen LogP contribution in [-0.4, -0.2) is 30.6 Å². The molecule has 7 nitrogen and oxygen atoms in total. The molecule has 0 saturated carbocycles. The van der Waals surface area contributed by atoms with Crippen LogP contribution in [0.2, 0.25) is 10.2 Å². The minimum atomic E-state index is -0.330. The molecule has 0 saturated heterocycles. The van der Waals surface area contributed by atoms with Crippen LogP contribution in [0, 0.1) is 0 Å². The van der Waals surface area contributed by atoms with Gasteiger partial charge < -0.3 is 5.32 Å². The Morgan fingerprint density at radius 1 is 1.06 bits per heavy atom. The molecule has 0 fully saturated rings. The van der Waals surface area contributed by atoms with E-state index in [2.05, 4.69) is 25.4 Å². The molecule has 0 unspecified atom stereocenters. The van der Waals surface area contributed by atoms with Crippen molar-refractivity contribution in [2.75, 3.05) is 0 Å². The Bertz CT molecular complexity index is 1240. The largest absolute Gasteiger partial charge is 0.344 e. The minimum absolute atomic E-state index is 0.241. The van der Waals surface area contributed by atoms with Gasteiger partial charge in [-0.15, -0.1) is 0 Å². The molecule has 4 rings (SSSR count). The Labute approximate surface area is 189 Å². The van der Waals surface area contributed by atoms with Crippen LogP contribution in [0.15, 0.2) is 61.1 Å². The van der Waals surface area contributed by atoms with Gasteiger partial charge in [-0.05, 0) is 42.8 Å². The molecule has 31 heavy (non-hydrogen) atoms. The summed E-state index contributed by atoms with van der Waals surface area (Å²) in [6.07, 6.45) is 5.05. The van der Waals surface area contributed by atoms with E-state index in [1.54, 1.807) is 53.6 Å². The Morgan fingerprint density at radius 2 is 1.84 bits per heavy atom. The highest BCUT2D eigenvalue weighted by atomic mass is 35.5. The number of amides is 1. The smallest absolute Gasteiger partial charge is 0.270 e. The van der Waals surface area contributed by atoms with Gasteiger partial charge in [-0.1, -0.05) is 35.3 Å². The van der Waals surface area contributed by atoms with Crippen molar-refractivity contribution in [1.29, 1.82) is 0 Å². The van der Waals surface area contributed by atoms with Gasteiger partial charge in [-0.25, -0.2) is 15.0 Å². The molecule has 156 valence electrons. The number of nitrogens with one attached hydrogen (secondary N) is 1. The zero-order chi connectivity index (χ0) is 22.0. The molecule has 3 heterocycles. The van der Waals surface area contributed by atoms with Crippen LogP contribution >= 0.6 is 23.2 Å². The number of carbonyl (C=O) groups is 1. The number of hydrogen-bond donors (Lipinski definition) is 1. The molecule has 9 heteroatoms. The van der Waals surface area contributed by atoms with Gasteiger partial charge in [-0.3, -0.25) is 9.48 Å². The zero-order valence-electron chi connectivity index (χ0n) is 16.8. The van der Waals surface area contributed by atoms with Crippen molar-refractivity contribution >= 4 is 29.1 Å². The average Bonchev–Trinajstić information content (AvgIpc) is 3.20. The van der Waals surface area contributed by atoms with E-state index in [1.807, 2.05) is 26.1 Å². The number of carbonyl (C=O) groups excluding carboxylic acids is 1. The van der Waals surface area contributed by atoms with Crippen molar-refractivity contribution in [1.82, 2.24) is 30.0 Å². The molecule has 0 aliphatic heterocycles. The molecule has 1 N–H and O–H groups in total. The second kappa shape index (κ2) is 8.83. The highest BCUT2D eigenvalue weighted by Gasteiger charge is 2.17.